The van der Waals surface area contributed by atoms with E-state index in [4.69, 9.17) is 0 Å². The lowest BCUT2D eigenvalue weighted by atomic mass is 10.2. The molecule has 0 atom stereocenters. The number of carbonyl (C=O) groups excluding carboxylic acids is 1. The van der Waals surface area contributed by atoms with Gasteiger partial charge in [-0.1, -0.05) is 18.2 Å². The van der Waals surface area contributed by atoms with Crippen LogP contribution in [0.5, 0.6) is 0 Å². The normalized spacial score (nSPS) is 11.1. The van der Waals surface area contributed by atoms with Crippen LogP contribution in [0, 0.1) is 5.82 Å². The van der Waals surface area contributed by atoms with Crippen LogP contribution in [0.1, 0.15) is 10.4 Å². The molecule has 104 valence electrons. The number of nitrogens with one attached hydrogen (secondary N) is 1. The zero-order valence-corrected chi connectivity index (χ0v) is 10.9. The van der Waals surface area contributed by atoms with Crippen LogP contribution in [-0.4, -0.2) is 14.4 Å². The van der Waals surface area contributed by atoms with Gasteiger partial charge in [0.25, 0.3) is 10.0 Å². The van der Waals surface area contributed by atoms with Crippen LogP contribution < -0.4 is 9.83 Å². The van der Waals surface area contributed by atoms with Crippen molar-refractivity contribution in [2.24, 2.45) is 0 Å². The molecule has 0 aliphatic carbocycles. The third-order valence-corrected chi connectivity index (χ3v) is 3.87. The van der Waals surface area contributed by atoms with Crippen LogP contribution in [0.4, 0.5) is 10.1 Å². The van der Waals surface area contributed by atoms with Gasteiger partial charge in [-0.05, 0) is 30.3 Å². The minimum atomic E-state index is -3.99. The van der Waals surface area contributed by atoms with Crippen molar-refractivity contribution in [1.82, 2.24) is 0 Å². The molecule has 0 heterocycles. The fourth-order valence-corrected chi connectivity index (χ4v) is 2.63. The Morgan fingerprint density at radius 3 is 2.35 bits per heavy atom. The number of carboxylic acid groups (broad SMARTS) is 1. The molecule has 20 heavy (non-hydrogen) atoms. The third kappa shape index (κ3) is 2.94. The number of sulfonamides is 1. The third-order valence-electron chi connectivity index (χ3n) is 2.49. The second-order valence-electron chi connectivity index (χ2n) is 3.90. The average molecular weight is 294 g/mol. The first-order chi connectivity index (χ1) is 9.40. The van der Waals surface area contributed by atoms with Gasteiger partial charge in [-0.15, -0.1) is 0 Å². The highest BCUT2D eigenvalue weighted by molar-refractivity contribution is 7.92. The highest BCUT2D eigenvalue weighted by Crippen LogP contribution is 2.18. The van der Waals surface area contributed by atoms with E-state index in [9.17, 15) is 22.7 Å². The van der Waals surface area contributed by atoms with E-state index in [0.29, 0.717) is 5.69 Å². The second-order valence-corrected chi connectivity index (χ2v) is 5.58. The Morgan fingerprint density at radius 2 is 1.75 bits per heavy atom. The Balaban J connectivity index is 2.40. The van der Waals surface area contributed by atoms with E-state index >= 15 is 0 Å². The van der Waals surface area contributed by atoms with Crippen molar-refractivity contribution >= 4 is 21.7 Å². The van der Waals surface area contributed by atoms with Crippen LogP contribution >= 0.6 is 0 Å². The van der Waals surface area contributed by atoms with Crippen molar-refractivity contribution in [3.05, 3.63) is 59.9 Å². The molecule has 0 bridgehead atoms. The maximum absolute atomic E-state index is 13.2. The van der Waals surface area contributed by atoms with Gasteiger partial charge in [-0.2, -0.15) is 0 Å². The van der Waals surface area contributed by atoms with Crippen LogP contribution in [-0.2, 0) is 10.0 Å². The summed E-state index contributed by atoms with van der Waals surface area (Å²) in [5.74, 6) is -2.83. The number of hydrogen-bond acceptors (Lipinski definition) is 4. The summed E-state index contributed by atoms with van der Waals surface area (Å²) in [6.07, 6.45) is 0. The van der Waals surface area contributed by atoms with E-state index in [2.05, 4.69) is 4.72 Å². The van der Waals surface area contributed by atoms with Gasteiger partial charge < -0.3 is 9.90 Å². The van der Waals surface area contributed by atoms with E-state index in [1.165, 1.54) is 12.1 Å². The van der Waals surface area contributed by atoms with Crippen molar-refractivity contribution < 1.29 is 22.7 Å². The van der Waals surface area contributed by atoms with Gasteiger partial charge in [-0.25, -0.2) is 12.8 Å². The zero-order chi connectivity index (χ0) is 14.8. The number of para-hydroxylation sites is 1. The average Bonchev–Trinajstić information content (AvgIpc) is 2.39. The van der Waals surface area contributed by atoms with Crippen molar-refractivity contribution in [3.8, 4) is 0 Å². The number of carboxylic acids is 1. The fourth-order valence-electron chi connectivity index (χ4n) is 1.55. The second kappa shape index (κ2) is 5.30. The maximum Gasteiger partial charge on any atom is 0.261 e. The predicted molar refractivity (Wildman–Crippen MR) is 68.0 cm³/mol. The van der Waals surface area contributed by atoms with E-state index < -0.39 is 27.4 Å². The molecule has 0 amide bonds. The molecule has 0 aliphatic heterocycles. The summed E-state index contributed by atoms with van der Waals surface area (Å²) >= 11 is 0. The fraction of sp³-hybridized carbons (Fsp3) is 0. The first-order valence-corrected chi connectivity index (χ1v) is 6.97. The molecule has 0 aliphatic rings. The summed E-state index contributed by atoms with van der Waals surface area (Å²) in [4.78, 5) is 10.3. The van der Waals surface area contributed by atoms with E-state index in [1.54, 1.807) is 18.2 Å². The molecule has 0 aromatic heterocycles. The lowest BCUT2D eigenvalue weighted by Gasteiger charge is -2.10. The smallest absolute Gasteiger partial charge is 0.261 e. The van der Waals surface area contributed by atoms with Gasteiger partial charge in [0.05, 0.1) is 10.9 Å². The molecule has 0 radical (unpaired) electrons. The zero-order valence-electron chi connectivity index (χ0n) is 10.0. The number of rotatable bonds is 4. The Bertz CT molecular complexity index is 744. The molecule has 7 heteroatoms. The monoisotopic (exact) mass is 294 g/mol. The van der Waals surface area contributed by atoms with Crippen molar-refractivity contribution in [2.45, 2.75) is 4.90 Å². The largest absolute Gasteiger partial charge is 0.545 e. The van der Waals surface area contributed by atoms with E-state index in [1.807, 2.05) is 0 Å². The summed E-state index contributed by atoms with van der Waals surface area (Å²) in [5, 5.41) is 10.7. The standard InChI is InChI=1S/C13H10FNO4S/c14-12-7-6-10(8-11(12)13(16)17)20(18,19)15-9-4-2-1-3-5-9/h1-8,15H,(H,16,17)/p-1. The van der Waals surface area contributed by atoms with Crippen LogP contribution in [0.3, 0.4) is 0 Å². The maximum atomic E-state index is 13.2. The molecular weight excluding hydrogens is 285 g/mol. The Morgan fingerprint density at radius 1 is 1.10 bits per heavy atom. The van der Waals surface area contributed by atoms with E-state index in [-0.39, 0.29) is 4.90 Å². The van der Waals surface area contributed by atoms with Crippen LogP contribution in [0.15, 0.2) is 53.4 Å². The minimum Gasteiger partial charge on any atom is -0.545 e. The summed E-state index contributed by atoms with van der Waals surface area (Å²) in [5.41, 5.74) is -0.493. The number of benzene rings is 2. The van der Waals surface area contributed by atoms with Gasteiger partial charge in [0.15, 0.2) is 0 Å². The molecule has 1 N–H and O–H groups in total. The minimum absolute atomic E-state index is 0.312. The molecular formula is C13H9FNO4S-. The number of aromatic carboxylic acids is 1. The van der Waals surface area contributed by atoms with Gasteiger partial charge in [0, 0.05) is 11.3 Å². The lowest BCUT2D eigenvalue weighted by molar-refractivity contribution is -0.255. The van der Waals surface area contributed by atoms with Gasteiger partial charge in [0.2, 0.25) is 0 Å². The number of hydrogen-bond donors (Lipinski definition) is 1. The molecule has 0 saturated heterocycles. The number of anilines is 1. The Labute approximate surface area is 114 Å². The Hall–Kier alpha value is -2.41. The van der Waals surface area contributed by atoms with Crippen LogP contribution in [0.25, 0.3) is 0 Å². The molecule has 2 aromatic rings. The SMILES string of the molecule is O=C([O-])c1cc(S(=O)(=O)Nc2ccccc2)ccc1F. The quantitative estimate of drug-likeness (QED) is 0.911. The first kappa shape index (κ1) is 14.0. The highest BCUT2D eigenvalue weighted by atomic mass is 32.2. The summed E-state index contributed by atoms with van der Waals surface area (Å²) < 4.78 is 39.5. The summed E-state index contributed by atoms with van der Waals surface area (Å²) in [6, 6.07) is 10.5. The molecule has 0 spiro atoms. The van der Waals surface area contributed by atoms with Gasteiger partial charge in [-0.3, -0.25) is 4.72 Å². The summed E-state index contributed by atoms with van der Waals surface area (Å²) in [6.45, 7) is 0. The van der Waals surface area contributed by atoms with Gasteiger partial charge in [0.1, 0.15) is 5.82 Å². The Kier molecular flexibility index (Phi) is 3.71. The number of carbonyl (C=O) groups is 1. The summed E-state index contributed by atoms with van der Waals surface area (Å²) in [7, 11) is -3.99. The van der Waals surface area contributed by atoms with Crippen molar-refractivity contribution in [2.75, 3.05) is 4.72 Å². The van der Waals surface area contributed by atoms with Crippen LogP contribution in [0.2, 0.25) is 0 Å². The van der Waals surface area contributed by atoms with Crippen molar-refractivity contribution in [1.29, 1.82) is 0 Å². The molecule has 2 aromatic carbocycles. The van der Waals surface area contributed by atoms with Gasteiger partial charge >= 0.3 is 0 Å². The molecule has 2 rings (SSSR count). The van der Waals surface area contributed by atoms with Crippen molar-refractivity contribution in [3.63, 3.8) is 0 Å². The molecule has 0 fully saturated rings. The highest BCUT2D eigenvalue weighted by Gasteiger charge is 2.16. The number of halogens is 1. The topological polar surface area (TPSA) is 86.3 Å². The molecule has 0 unspecified atom stereocenters. The molecule has 5 nitrogen and oxygen atoms in total. The lowest BCUT2D eigenvalue weighted by Crippen LogP contribution is -2.24. The predicted octanol–water partition coefficient (Wildman–Crippen LogP) is 0.990. The first-order valence-electron chi connectivity index (χ1n) is 5.49. The molecule has 0 saturated carbocycles. The van der Waals surface area contributed by atoms with E-state index in [0.717, 1.165) is 18.2 Å².